The fourth-order valence-electron chi connectivity index (χ4n) is 1.58. The molecule has 0 heterocycles. The Balaban J connectivity index is 1.95. The van der Waals surface area contributed by atoms with Crippen molar-refractivity contribution in [2.75, 3.05) is 5.43 Å². The first kappa shape index (κ1) is 13.4. The van der Waals surface area contributed by atoms with Crippen LogP contribution in [-0.4, -0.2) is 6.21 Å². The standard InChI is InChI=1S/C16H15ClN2/c1-13(11-14-5-3-2-4-6-14)12-18-19-16-9-7-15(17)8-10-16/h2-12,19H,1H3/b13-11-,18-12-. The van der Waals surface area contributed by atoms with E-state index < -0.39 is 0 Å². The zero-order valence-corrected chi connectivity index (χ0v) is 11.4. The molecule has 0 atom stereocenters. The molecule has 1 N–H and O–H groups in total. The Hall–Kier alpha value is -2.06. The molecule has 0 aromatic heterocycles. The maximum absolute atomic E-state index is 5.81. The van der Waals surface area contributed by atoms with Crippen molar-refractivity contribution >= 4 is 29.6 Å². The summed E-state index contributed by atoms with van der Waals surface area (Å²) < 4.78 is 0. The lowest BCUT2D eigenvalue weighted by atomic mass is 10.1. The van der Waals surface area contributed by atoms with Crippen molar-refractivity contribution in [2.45, 2.75) is 6.92 Å². The summed E-state index contributed by atoms with van der Waals surface area (Å²) in [6.45, 7) is 2.01. The van der Waals surface area contributed by atoms with Crippen molar-refractivity contribution < 1.29 is 0 Å². The predicted molar refractivity (Wildman–Crippen MR) is 83.7 cm³/mol. The van der Waals surface area contributed by atoms with Gasteiger partial charge in [0.05, 0.1) is 11.9 Å². The molecule has 0 spiro atoms. The summed E-state index contributed by atoms with van der Waals surface area (Å²) in [7, 11) is 0. The molecule has 19 heavy (non-hydrogen) atoms. The van der Waals surface area contributed by atoms with E-state index in [0.29, 0.717) is 0 Å². The van der Waals surface area contributed by atoms with Gasteiger partial charge >= 0.3 is 0 Å². The molecule has 0 bridgehead atoms. The van der Waals surface area contributed by atoms with Gasteiger partial charge in [-0.2, -0.15) is 5.10 Å². The van der Waals surface area contributed by atoms with Gasteiger partial charge in [-0.3, -0.25) is 5.43 Å². The number of hydrazone groups is 1. The van der Waals surface area contributed by atoms with Crippen LogP contribution in [-0.2, 0) is 0 Å². The number of nitrogens with zero attached hydrogens (tertiary/aromatic N) is 1. The molecule has 0 saturated carbocycles. The second-order valence-electron chi connectivity index (χ2n) is 4.18. The molecule has 0 radical (unpaired) electrons. The maximum atomic E-state index is 5.81. The summed E-state index contributed by atoms with van der Waals surface area (Å²) >= 11 is 5.81. The SMILES string of the molecule is CC(/C=N\Nc1ccc(Cl)cc1)=C/c1ccccc1. The van der Waals surface area contributed by atoms with Gasteiger partial charge in [-0.05, 0) is 42.3 Å². The minimum Gasteiger partial charge on any atom is -0.279 e. The molecule has 0 fully saturated rings. The summed E-state index contributed by atoms with van der Waals surface area (Å²) in [6.07, 6.45) is 3.87. The molecule has 2 aromatic carbocycles. The van der Waals surface area contributed by atoms with E-state index in [1.54, 1.807) is 6.21 Å². The summed E-state index contributed by atoms with van der Waals surface area (Å²) in [5.74, 6) is 0. The van der Waals surface area contributed by atoms with Crippen molar-refractivity contribution in [1.29, 1.82) is 0 Å². The molecule has 0 aliphatic carbocycles. The summed E-state index contributed by atoms with van der Waals surface area (Å²) in [6, 6.07) is 17.6. The van der Waals surface area contributed by atoms with Gasteiger partial charge in [0.25, 0.3) is 0 Å². The van der Waals surface area contributed by atoms with Gasteiger partial charge in [0, 0.05) is 5.02 Å². The molecular formula is C16H15ClN2. The van der Waals surface area contributed by atoms with Crippen LogP contribution >= 0.6 is 11.6 Å². The molecule has 0 aliphatic heterocycles. The van der Waals surface area contributed by atoms with Crippen LogP contribution in [0.3, 0.4) is 0 Å². The topological polar surface area (TPSA) is 24.4 Å². The van der Waals surface area contributed by atoms with Crippen molar-refractivity contribution in [1.82, 2.24) is 0 Å². The summed E-state index contributed by atoms with van der Waals surface area (Å²) in [4.78, 5) is 0. The number of anilines is 1. The molecule has 2 nitrogen and oxygen atoms in total. The number of hydrogen-bond acceptors (Lipinski definition) is 2. The largest absolute Gasteiger partial charge is 0.279 e. The second-order valence-corrected chi connectivity index (χ2v) is 4.61. The van der Waals surface area contributed by atoms with Crippen LogP contribution in [0.25, 0.3) is 6.08 Å². The molecule has 0 aliphatic rings. The summed E-state index contributed by atoms with van der Waals surface area (Å²) in [5.41, 5.74) is 6.11. The maximum Gasteiger partial charge on any atom is 0.0562 e. The molecule has 2 aromatic rings. The van der Waals surface area contributed by atoms with Crippen molar-refractivity contribution in [3.05, 3.63) is 70.8 Å². The Morgan fingerprint density at radius 2 is 1.74 bits per heavy atom. The third-order valence-corrected chi connectivity index (χ3v) is 2.75. The molecule has 2 rings (SSSR count). The molecular weight excluding hydrogens is 256 g/mol. The zero-order valence-electron chi connectivity index (χ0n) is 10.7. The van der Waals surface area contributed by atoms with Crippen molar-refractivity contribution in [3.8, 4) is 0 Å². The number of rotatable bonds is 4. The van der Waals surface area contributed by atoms with Gasteiger partial charge in [0.1, 0.15) is 0 Å². The van der Waals surface area contributed by atoms with Gasteiger partial charge in [0.15, 0.2) is 0 Å². The fourth-order valence-corrected chi connectivity index (χ4v) is 1.71. The molecule has 0 unspecified atom stereocenters. The van der Waals surface area contributed by atoms with Gasteiger partial charge in [-0.15, -0.1) is 0 Å². The number of allylic oxidation sites excluding steroid dienone is 1. The molecule has 0 saturated heterocycles. The van der Waals surface area contributed by atoms with Crippen LogP contribution in [0.5, 0.6) is 0 Å². The van der Waals surface area contributed by atoms with Crippen molar-refractivity contribution in [2.24, 2.45) is 5.10 Å². The first-order valence-corrected chi connectivity index (χ1v) is 6.40. The van der Waals surface area contributed by atoms with E-state index >= 15 is 0 Å². The molecule has 3 heteroatoms. The Kier molecular flexibility index (Phi) is 4.76. The first-order chi connectivity index (χ1) is 9.24. The van der Waals surface area contributed by atoms with Gasteiger partial charge in [-0.1, -0.05) is 48.0 Å². The number of benzene rings is 2. The summed E-state index contributed by atoms with van der Waals surface area (Å²) in [5, 5.41) is 4.90. The van der Waals surface area contributed by atoms with Crippen LogP contribution in [0.1, 0.15) is 12.5 Å². The van der Waals surface area contributed by atoms with Crippen LogP contribution in [0, 0.1) is 0 Å². The van der Waals surface area contributed by atoms with Crippen LogP contribution in [0.4, 0.5) is 5.69 Å². The highest BCUT2D eigenvalue weighted by Crippen LogP contribution is 2.13. The minimum absolute atomic E-state index is 0.717. The third kappa shape index (κ3) is 4.60. The number of hydrogen-bond donors (Lipinski definition) is 1. The smallest absolute Gasteiger partial charge is 0.0562 e. The van der Waals surface area contributed by atoms with E-state index in [2.05, 4.69) is 28.7 Å². The monoisotopic (exact) mass is 270 g/mol. The Labute approximate surface area is 118 Å². The predicted octanol–water partition coefficient (Wildman–Crippen LogP) is 4.84. The lowest BCUT2D eigenvalue weighted by Gasteiger charge is -1.99. The first-order valence-electron chi connectivity index (χ1n) is 6.02. The highest BCUT2D eigenvalue weighted by molar-refractivity contribution is 6.30. The van der Waals surface area contributed by atoms with E-state index in [9.17, 15) is 0 Å². The van der Waals surface area contributed by atoms with E-state index in [0.717, 1.165) is 21.8 Å². The second kappa shape index (κ2) is 6.76. The van der Waals surface area contributed by atoms with E-state index in [1.165, 1.54) is 0 Å². The molecule has 0 amide bonds. The van der Waals surface area contributed by atoms with E-state index in [4.69, 9.17) is 11.6 Å². The average Bonchev–Trinajstić information content (AvgIpc) is 2.42. The third-order valence-electron chi connectivity index (χ3n) is 2.50. The van der Waals surface area contributed by atoms with Gasteiger partial charge in [-0.25, -0.2) is 0 Å². The molecule has 96 valence electrons. The Bertz CT molecular complexity index is 571. The Morgan fingerprint density at radius 3 is 2.42 bits per heavy atom. The van der Waals surface area contributed by atoms with Crippen LogP contribution in [0.2, 0.25) is 5.02 Å². The van der Waals surface area contributed by atoms with Crippen molar-refractivity contribution in [3.63, 3.8) is 0 Å². The Morgan fingerprint density at radius 1 is 1.05 bits per heavy atom. The highest BCUT2D eigenvalue weighted by atomic mass is 35.5. The number of nitrogens with one attached hydrogen (secondary N) is 1. The van der Waals surface area contributed by atoms with Gasteiger partial charge in [0.2, 0.25) is 0 Å². The van der Waals surface area contributed by atoms with E-state index in [-0.39, 0.29) is 0 Å². The van der Waals surface area contributed by atoms with Gasteiger partial charge < -0.3 is 0 Å². The minimum atomic E-state index is 0.717. The highest BCUT2D eigenvalue weighted by Gasteiger charge is 1.90. The number of halogens is 1. The van der Waals surface area contributed by atoms with E-state index in [1.807, 2.05) is 49.4 Å². The quantitative estimate of drug-likeness (QED) is 0.624. The lowest BCUT2D eigenvalue weighted by molar-refractivity contribution is 1.35. The fraction of sp³-hybridized carbons (Fsp3) is 0.0625. The lowest BCUT2D eigenvalue weighted by Crippen LogP contribution is -1.89. The zero-order chi connectivity index (χ0) is 13.5. The average molecular weight is 271 g/mol. The van der Waals surface area contributed by atoms with Crippen LogP contribution < -0.4 is 5.43 Å². The normalized spacial score (nSPS) is 11.8. The van der Waals surface area contributed by atoms with Crippen LogP contribution in [0.15, 0.2) is 65.3 Å².